The summed E-state index contributed by atoms with van der Waals surface area (Å²) >= 11 is 1.57. The smallest absolute Gasteiger partial charge is 0.229 e. The first-order valence-corrected chi connectivity index (χ1v) is 9.42. The molecule has 0 saturated carbocycles. The van der Waals surface area contributed by atoms with Gasteiger partial charge >= 0.3 is 0 Å². The number of piperidine rings is 1. The van der Waals surface area contributed by atoms with Crippen molar-refractivity contribution in [3.05, 3.63) is 53.5 Å². The quantitative estimate of drug-likeness (QED) is 0.766. The Morgan fingerprint density at radius 2 is 2.15 bits per heavy atom. The maximum absolute atomic E-state index is 12.3. The molecular weight excluding hydrogens is 348 g/mol. The highest BCUT2D eigenvalue weighted by atomic mass is 32.1. The van der Waals surface area contributed by atoms with E-state index in [4.69, 9.17) is 15.5 Å². The number of nitrogens with zero attached hydrogens (tertiary/aromatic N) is 3. The first kappa shape index (κ1) is 16.9. The molecule has 134 valence electrons. The van der Waals surface area contributed by atoms with Gasteiger partial charge in [-0.25, -0.2) is 9.97 Å². The van der Waals surface area contributed by atoms with E-state index in [-0.39, 0.29) is 5.91 Å². The maximum Gasteiger partial charge on any atom is 0.229 e. The summed E-state index contributed by atoms with van der Waals surface area (Å²) in [7, 11) is 1.62. The van der Waals surface area contributed by atoms with Crippen LogP contribution in [-0.4, -0.2) is 29.5 Å². The molecule has 0 spiro atoms. The van der Waals surface area contributed by atoms with Gasteiger partial charge in [-0.1, -0.05) is 30.3 Å². The number of fused-ring (bicyclic) bond motifs is 1. The minimum atomic E-state index is -1.02. The standard InChI is InChI=1S/C19H20N4O2S/c1-25-19(14-6-3-2-4-7-14)15(16(20)24)8-5-10-23(19)18-21-12-13-9-11-26-17(13)22-18/h2-4,6-7,9,11-12,15H,5,8,10H2,1H3,(H2,20,24). The number of carbonyl (C=O) groups is 1. The molecule has 6 nitrogen and oxygen atoms in total. The van der Waals surface area contributed by atoms with Crippen LogP contribution in [0, 0.1) is 5.92 Å². The molecule has 2 atom stereocenters. The van der Waals surface area contributed by atoms with Crippen LogP contribution in [0.25, 0.3) is 10.2 Å². The summed E-state index contributed by atoms with van der Waals surface area (Å²) in [5.74, 6) is -0.319. The number of hydrogen-bond donors (Lipinski definition) is 1. The van der Waals surface area contributed by atoms with Crippen LogP contribution < -0.4 is 10.6 Å². The number of ether oxygens (including phenoxy) is 1. The van der Waals surface area contributed by atoms with Crippen LogP contribution in [-0.2, 0) is 15.3 Å². The lowest BCUT2D eigenvalue weighted by atomic mass is 9.80. The lowest BCUT2D eigenvalue weighted by Gasteiger charge is -2.50. The number of methoxy groups -OCH3 is 1. The molecule has 2 N–H and O–H groups in total. The van der Waals surface area contributed by atoms with Crippen LogP contribution in [0.3, 0.4) is 0 Å². The van der Waals surface area contributed by atoms with Crippen LogP contribution in [0.4, 0.5) is 5.95 Å². The topological polar surface area (TPSA) is 81.3 Å². The van der Waals surface area contributed by atoms with Crippen molar-refractivity contribution in [1.29, 1.82) is 0 Å². The molecule has 0 aliphatic carbocycles. The van der Waals surface area contributed by atoms with Gasteiger partial charge in [0.25, 0.3) is 0 Å². The molecule has 7 heteroatoms. The van der Waals surface area contributed by atoms with Gasteiger partial charge in [0.2, 0.25) is 11.9 Å². The molecule has 0 radical (unpaired) electrons. The number of rotatable bonds is 4. The number of thiophene rings is 1. The number of anilines is 1. The SMILES string of the molecule is COC1(c2ccccc2)C(C(N)=O)CCCN1c1ncc2ccsc2n1. The van der Waals surface area contributed by atoms with Crippen LogP contribution in [0.2, 0.25) is 0 Å². The van der Waals surface area contributed by atoms with E-state index >= 15 is 0 Å². The third-order valence-corrected chi connectivity index (χ3v) is 5.85. The fraction of sp³-hybridized carbons (Fsp3) is 0.316. The Labute approximate surface area is 155 Å². The van der Waals surface area contributed by atoms with Crippen LogP contribution >= 0.6 is 11.3 Å². The van der Waals surface area contributed by atoms with E-state index in [1.807, 2.05) is 52.9 Å². The highest BCUT2D eigenvalue weighted by Gasteiger charge is 2.52. The van der Waals surface area contributed by atoms with Crippen molar-refractivity contribution in [2.24, 2.45) is 11.7 Å². The highest BCUT2D eigenvalue weighted by molar-refractivity contribution is 7.16. The van der Waals surface area contributed by atoms with Gasteiger partial charge in [0.05, 0.1) is 5.92 Å². The Kier molecular flexibility index (Phi) is 4.34. The Balaban J connectivity index is 1.91. The average Bonchev–Trinajstić information content (AvgIpc) is 3.15. The highest BCUT2D eigenvalue weighted by Crippen LogP contribution is 2.44. The molecule has 2 aromatic heterocycles. The summed E-state index contributed by atoms with van der Waals surface area (Å²) < 4.78 is 6.05. The van der Waals surface area contributed by atoms with Gasteiger partial charge in [0, 0.05) is 30.8 Å². The number of primary amides is 1. The van der Waals surface area contributed by atoms with Gasteiger partial charge < -0.3 is 15.4 Å². The molecule has 3 heterocycles. The van der Waals surface area contributed by atoms with E-state index in [2.05, 4.69) is 4.98 Å². The fourth-order valence-electron chi connectivity index (χ4n) is 3.87. The van der Waals surface area contributed by atoms with Crippen molar-refractivity contribution < 1.29 is 9.53 Å². The second kappa shape index (κ2) is 6.66. The molecule has 1 saturated heterocycles. The molecule has 3 aromatic rings. The summed E-state index contributed by atoms with van der Waals surface area (Å²) in [5.41, 5.74) is 5.64. The molecule has 1 aliphatic heterocycles. The predicted octanol–water partition coefficient (Wildman–Crippen LogP) is 2.89. The first-order chi connectivity index (χ1) is 12.7. The minimum Gasteiger partial charge on any atom is -0.369 e. The number of amides is 1. The molecule has 1 aromatic carbocycles. The molecule has 26 heavy (non-hydrogen) atoms. The summed E-state index contributed by atoms with van der Waals surface area (Å²) in [6.45, 7) is 0.684. The van der Waals surface area contributed by atoms with Crippen molar-refractivity contribution in [1.82, 2.24) is 9.97 Å². The van der Waals surface area contributed by atoms with Crippen molar-refractivity contribution >= 4 is 33.4 Å². The van der Waals surface area contributed by atoms with E-state index in [0.29, 0.717) is 18.9 Å². The molecular formula is C19H20N4O2S. The first-order valence-electron chi connectivity index (χ1n) is 8.54. The zero-order valence-electron chi connectivity index (χ0n) is 14.5. The van der Waals surface area contributed by atoms with E-state index in [9.17, 15) is 4.79 Å². The summed E-state index contributed by atoms with van der Waals surface area (Å²) in [4.78, 5) is 24.5. The number of hydrogen-bond acceptors (Lipinski definition) is 6. The molecule has 2 unspecified atom stereocenters. The van der Waals surface area contributed by atoms with Gasteiger partial charge in [-0.2, -0.15) is 0 Å². The third kappa shape index (κ3) is 2.55. The van der Waals surface area contributed by atoms with Crippen molar-refractivity contribution in [2.45, 2.75) is 18.6 Å². The van der Waals surface area contributed by atoms with E-state index in [1.54, 1.807) is 18.4 Å². The molecule has 0 bridgehead atoms. The third-order valence-electron chi connectivity index (χ3n) is 5.03. The van der Waals surface area contributed by atoms with Crippen LogP contribution in [0.1, 0.15) is 18.4 Å². The number of benzene rings is 1. The molecule has 1 amide bonds. The minimum absolute atomic E-state index is 0.377. The number of nitrogens with two attached hydrogens (primary N) is 1. The fourth-order valence-corrected chi connectivity index (χ4v) is 4.60. The second-order valence-corrected chi connectivity index (χ2v) is 7.26. The van der Waals surface area contributed by atoms with Crippen LogP contribution in [0.15, 0.2) is 48.0 Å². The van der Waals surface area contributed by atoms with Crippen molar-refractivity contribution in [2.75, 3.05) is 18.6 Å². The summed E-state index contributed by atoms with van der Waals surface area (Å²) in [6.07, 6.45) is 3.29. The predicted molar refractivity (Wildman–Crippen MR) is 102 cm³/mol. The van der Waals surface area contributed by atoms with Gasteiger partial charge in [0.15, 0.2) is 5.72 Å². The molecule has 4 rings (SSSR count). The maximum atomic E-state index is 12.3. The zero-order chi connectivity index (χ0) is 18.1. The second-order valence-electron chi connectivity index (χ2n) is 6.37. The van der Waals surface area contributed by atoms with Gasteiger partial charge in [-0.05, 0) is 24.3 Å². The Morgan fingerprint density at radius 3 is 2.88 bits per heavy atom. The largest absolute Gasteiger partial charge is 0.369 e. The van der Waals surface area contributed by atoms with Gasteiger partial charge in [-0.3, -0.25) is 4.79 Å². The normalized spacial score (nSPS) is 23.3. The lowest BCUT2D eigenvalue weighted by Crippen LogP contribution is -2.60. The lowest BCUT2D eigenvalue weighted by molar-refractivity contribution is -0.140. The van der Waals surface area contributed by atoms with E-state index < -0.39 is 11.6 Å². The Bertz CT molecular complexity index is 929. The molecule has 1 fully saturated rings. The van der Waals surface area contributed by atoms with E-state index in [0.717, 1.165) is 22.2 Å². The number of carbonyl (C=O) groups excluding carboxylic acids is 1. The monoisotopic (exact) mass is 368 g/mol. The Morgan fingerprint density at radius 1 is 1.35 bits per heavy atom. The van der Waals surface area contributed by atoms with Crippen molar-refractivity contribution in [3.8, 4) is 0 Å². The number of aromatic nitrogens is 2. The van der Waals surface area contributed by atoms with E-state index in [1.165, 1.54) is 0 Å². The van der Waals surface area contributed by atoms with Gasteiger partial charge in [-0.15, -0.1) is 11.3 Å². The molecule has 1 aliphatic rings. The zero-order valence-corrected chi connectivity index (χ0v) is 15.3. The summed E-state index contributed by atoms with van der Waals surface area (Å²) in [6, 6.07) is 11.7. The average molecular weight is 368 g/mol. The van der Waals surface area contributed by atoms with Crippen LogP contribution in [0.5, 0.6) is 0 Å². The van der Waals surface area contributed by atoms with Crippen molar-refractivity contribution in [3.63, 3.8) is 0 Å². The van der Waals surface area contributed by atoms with Gasteiger partial charge in [0.1, 0.15) is 4.83 Å². The summed E-state index contributed by atoms with van der Waals surface area (Å²) in [5, 5.41) is 3.00. The Hall–Kier alpha value is -2.51.